The van der Waals surface area contributed by atoms with Crippen LogP contribution in [-0.2, 0) is 6.54 Å². The van der Waals surface area contributed by atoms with Gasteiger partial charge in [0, 0.05) is 12.6 Å². The van der Waals surface area contributed by atoms with E-state index in [1.54, 1.807) is 0 Å². The molecule has 20 heavy (non-hydrogen) atoms. The summed E-state index contributed by atoms with van der Waals surface area (Å²) in [4.78, 5) is 0. The third-order valence-electron chi connectivity index (χ3n) is 4.11. The molecule has 0 heterocycles. The number of fused-ring (bicyclic) bond motifs is 1. The summed E-state index contributed by atoms with van der Waals surface area (Å²) in [5.41, 5.74) is 1.41. The molecule has 0 aliphatic rings. The Bertz CT molecular complexity index is 513. The summed E-state index contributed by atoms with van der Waals surface area (Å²) >= 11 is 0. The van der Waals surface area contributed by atoms with E-state index in [1.807, 2.05) is 0 Å². The number of hydrogen-bond donors (Lipinski definition) is 1. The van der Waals surface area contributed by atoms with Gasteiger partial charge in [-0.15, -0.1) is 0 Å². The summed E-state index contributed by atoms with van der Waals surface area (Å²) in [6, 6.07) is 15.9. The zero-order chi connectivity index (χ0) is 14.2. The molecule has 0 saturated heterocycles. The normalized spacial score (nSPS) is 12.7. The van der Waals surface area contributed by atoms with Crippen molar-refractivity contribution in [3.05, 3.63) is 48.0 Å². The molecule has 0 amide bonds. The summed E-state index contributed by atoms with van der Waals surface area (Å²) in [6.45, 7) is 5.53. The zero-order valence-electron chi connectivity index (χ0n) is 12.9. The molecule has 0 aliphatic heterocycles. The van der Waals surface area contributed by atoms with Gasteiger partial charge in [0.25, 0.3) is 0 Å². The first-order valence-corrected chi connectivity index (χ1v) is 8.05. The maximum absolute atomic E-state index is 3.74. The van der Waals surface area contributed by atoms with E-state index in [4.69, 9.17) is 0 Å². The van der Waals surface area contributed by atoms with Crippen LogP contribution < -0.4 is 5.32 Å². The van der Waals surface area contributed by atoms with Crippen molar-refractivity contribution < 1.29 is 0 Å². The van der Waals surface area contributed by atoms with E-state index in [0.29, 0.717) is 6.04 Å². The van der Waals surface area contributed by atoms with Crippen molar-refractivity contribution in [3.8, 4) is 0 Å². The topological polar surface area (TPSA) is 12.0 Å². The van der Waals surface area contributed by atoms with Crippen molar-refractivity contribution in [3.63, 3.8) is 0 Å². The lowest BCUT2D eigenvalue weighted by Crippen LogP contribution is -2.27. The van der Waals surface area contributed by atoms with Crippen LogP contribution in [0, 0.1) is 0 Å². The highest BCUT2D eigenvalue weighted by Crippen LogP contribution is 2.18. The summed E-state index contributed by atoms with van der Waals surface area (Å²) in [5, 5.41) is 6.46. The largest absolute Gasteiger partial charge is 0.310 e. The number of unbranched alkanes of at least 4 members (excludes halogenated alkanes) is 2. The average molecular weight is 269 g/mol. The molecule has 108 valence electrons. The van der Waals surface area contributed by atoms with Gasteiger partial charge in [-0.3, -0.25) is 0 Å². The Labute approximate surface area is 123 Å². The Morgan fingerprint density at radius 2 is 1.75 bits per heavy atom. The van der Waals surface area contributed by atoms with Crippen molar-refractivity contribution in [2.24, 2.45) is 0 Å². The summed E-state index contributed by atoms with van der Waals surface area (Å²) in [5.74, 6) is 0. The van der Waals surface area contributed by atoms with Gasteiger partial charge >= 0.3 is 0 Å². The van der Waals surface area contributed by atoms with E-state index in [0.717, 1.165) is 6.54 Å². The predicted molar refractivity (Wildman–Crippen MR) is 89.0 cm³/mol. The predicted octanol–water partition coefficient (Wildman–Crippen LogP) is 5.29. The molecule has 1 N–H and O–H groups in total. The molecule has 1 nitrogen and oxygen atoms in total. The Hall–Kier alpha value is -1.34. The van der Waals surface area contributed by atoms with E-state index in [1.165, 1.54) is 48.4 Å². The maximum Gasteiger partial charge on any atom is 0.0214 e. The van der Waals surface area contributed by atoms with Crippen LogP contribution in [0.3, 0.4) is 0 Å². The van der Waals surface area contributed by atoms with Crippen LogP contribution in [0.1, 0.15) is 51.5 Å². The van der Waals surface area contributed by atoms with Crippen molar-refractivity contribution >= 4 is 10.8 Å². The van der Waals surface area contributed by atoms with E-state index >= 15 is 0 Å². The van der Waals surface area contributed by atoms with E-state index in [9.17, 15) is 0 Å². The van der Waals surface area contributed by atoms with Gasteiger partial charge in [0.05, 0.1) is 0 Å². The molecule has 1 heteroatoms. The number of benzene rings is 2. The van der Waals surface area contributed by atoms with Gasteiger partial charge in [0.1, 0.15) is 0 Å². The molecule has 2 aromatic carbocycles. The second-order valence-corrected chi connectivity index (χ2v) is 5.62. The number of rotatable bonds is 8. The van der Waals surface area contributed by atoms with Crippen LogP contribution in [-0.4, -0.2) is 6.04 Å². The van der Waals surface area contributed by atoms with Crippen LogP contribution in [0.25, 0.3) is 10.8 Å². The minimum atomic E-state index is 0.653. The molecule has 1 atom stereocenters. The van der Waals surface area contributed by atoms with Crippen molar-refractivity contribution in [1.29, 1.82) is 0 Å². The second kappa shape index (κ2) is 8.06. The van der Waals surface area contributed by atoms with Gasteiger partial charge in [-0.2, -0.15) is 0 Å². The molecule has 0 fully saturated rings. The summed E-state index contributed by atoms with van der Waals surface area (Å²) < 4.78 is 0. The fourth-order valence-electron chi connectivity index (χ4n) is 2.79. The van der Waals surface area contributed by atoms with Gasteiger partial charge < -0.3 is 5.32 Å². The van der Waals surface area contributed by atoms with Gasteiger partial charge in [-0.1, -0.05) is 75.6 Å². The highest BCUT2D eigenvalue weighted by molar-refractivity contribution is 5.85. The first kappa shape index (κ1) is 15.1. The lowest BCUT2D eigenvalue weighted by atomic mass is 10.0. The SMILES string of the molecule is CCCCCC(CC)NCc1cccc2ccccc12. The molecule has 1 unspecified atom stereocenters. The number of nitrogens with one attached hydrogen (secondary N) is 1. The Balaban J connectivity index is 1.97. The first-order chi connectivity index (χ1) is 9.85. The molecule has 2 aromatic rings. The van der Waals surface area contributed by atoms with Crippen molar-refractivity contribution in [2.45, 2.75) is 58.5 Å². The Kier molecular flexibility index (Phi) is 6.07. The molecule has 0 aromatic heterocycles. The first-order valence-electron chi connectivity index (χ1n) is 8.05. The quantitative estimate of drug-likeness (QED) is 0.642. The van der Waals surface area contributed by atoms with Crippen molar-refractivity contribution in [2.75, 3.05) is 0 Å². The summed E-state index contributed by atoms with van der Waals surface area (Å²) in [6.07, 6.45) is 6.52. The lowest BCUT2D eigenvalue weighted by molar-refractivity contribution is 0.447. The molecule has 2 rings (SSSR count). The van der Waals surface area contributed by atoms with E-state index in [2.05, 4.69) is 61.6 Å². The van der Waals surface area contributed by atoms with E-state index < -0.39 is 0 Å². The Morgan fingerprint density at radius 1 is 0.950 bits per heavy atom. The highest BCUT2D eigenvalue weighted by atomic mass is 14.9. The van der Waals surface area contributed by atoms with Gasteiger partial charge in [-0.05, 0) is 29.2 Å². The average Bonchev–Trinajstić information content (AvgIpc) is 2.50. The van der Waals surface area contributed by atoms with Gasteiger partial charge in [-0.25, -0.2) is 0 Å². The summed E-state index contributed by atoms with van der Waals surface area (Å²) in [7, 11) is 0. The van der Waals surface area contributed by atoms with Crippen LogP contribution in [0.5, 0.6) is 0 Å². The van der Waals surface area contributed by atoms with Gasteiger partial charge in [0.15, 0.2) is 0 Å². The minimum absolute atomic E-state index is 0.653. The molecular weight excluding hydrogens is 242 g/mol. The third kappa shape index (κ3) is 4.08. The smallest absolute Gasteiger partial charge is 0.0214 e. The fraction of sp³-hybridized carbons (Fsp3) is 0.474. The maximum atomic E-state index is 3.74. The zero-order valence-corrected chi connectivity index (χ0v) is 12.9. The molecule has 0 bridgehead atoms. The minimum Gasteiger partial charge on any atom is -0.310 e. The van der Waals surface area contributed by atoms with E-state index in [-0.39, 0.29) is 0 Å². The van der Waals surface area contributed by atoms with Crippen LogP contribution in [0.2, 0.25) is 0 Å². The second-order valence-electron chi connectivity index (χ2n) is 5.62. The Morgan fingerprint density at radius 3 is 2.55 bits per heavy atom. The third-order valence-corrected chi connectivity index (χ3v) is 4.11. The van der Waals surface area contributed by atoms with Crippen LogP contribution in [0.15, 0.2) is 42.5 Å². The fourth-order valence-corrected chi connectivity index (χ4v) is 2.79. The molecular formula is C19H27N. The molecule has 0 spiro atoms. The van der Waals surface area contributed by atoms with Crippen LogP contribution >= 0.6 is 0 Å². The monoisotopic (exact) mass is 269 g/mol. The molecule has 0 saturated carbocycles. The highest BCUT2D eigenvalue weighted by Gasteiger charge is 2.06. The lowest BCUT2D eigenvalue weighted by Gasteiger charge is -2.17. The number of hydrogen-bond acceptors (Lipinski definition) is 1. The molecule has 0 radical (unpaired) electrons. The standard InChI is InChI=1S/C19H27N/c1-3-5-6-13-18(4-2)20-15-17-12-9-11-16-10-7-8-14-19(16)17/h7-12,14,18,20H,3-6,13,15H2,1-2H3. The van der Waals surface area contributed by atoms with Crippen LogP contribution in [0.4, 0.5) is 0 Å². The molecule has 0 aliphatic carbocycles. The van der Waals surface area contributed by atoms with Gasteiger partial charge in [0.2, 0.25) is 0 Å². The van der Waals surface area contributed by atoms with Crippen molar-refractivity contribution in [1.82, 2.24) is 5.32 Å².